The molecule has 0 saturated heterocycles. The van der Waals surface area contributed by atoms with Crippen LogP contribution in [-0.4, -0.2) is 7.11 Å². The highest BCUT2D eigenvalue weighted by molar-refractivity contribution is 5.48. The van der Waals surface area contributed by atoms with E-state index in [2.05, 4.69) is 4.85 Å². The van der Waals surface area contributed by atoms with E-state index in [1.165, 1.54) is 0 Å². The Morgan fingerprint density at radius 3 is 1.76 bits per heavy atom. The first kappa shape index (κ1) is 11.0. The highest BCUT2D eigenvalue weighted by Gasteiger charge is 1.98. The molecule has 2 rings (SSSR count). The summed E-state index contributed by atoms with van der Waals surface area (Å²) < 4.78 is 10.7. The second kappa shape index (κ2) is 5.04. The van der Waals surface area contributed by atoms with Gasteiger partial charge in [-0.1, -0.05) is 12.1 Å². The first-order valence-corrected chi connectivity index (χ1v) is 5.11. The maximum absolute atomic E-state index is 6.85. The maximum Gasteiger partial charge on any atom is 0.187 e. The molecular weight excluding hydrogens is 214 g/mol. The number of hydrogen-bond donors (Lipinski definition) is 0. The summed E-state index contributed by atoms with van der Waals surface area (Å²) >= 11 is 0. The molecule has 3 heteroatoms. The van der Waals surface area contributed by atoms with E-state index < -0.39 is 0 Å². The van der Waals surface area contributed by atoms with Gasteiger partial charge in [-0.15, -0.1) is 0 Å². The number of nitrogens with zero attached hydrogens (tertiary/aromatic N) is 1. The highest BCUT2D eigenvalue weighted by Crippen LogP contribution is 2.25. The Morgan fingerprint density at radius 1 is 0.824 bits per heavy atom. The van der Waals surface area contributed by atoms with Crippen molar-refractivity contribution in [2.75, 3.05) is 7.11 Å². The molecule has 0 bridgehead atoms. The summed E-state index contributed by atoms with van der Waals surface area (Å²) in [5, 5.41) is 0. The minimum atomic E-state index is 0.604. The summed E-state index contributed by atoms with van der Waals surface area (Å²) in [4.78, 5) is 3.32. The first-order valence-electron chi connectivity index (χ1n) is 5.11. The number of ether oxygens (including phenoxy) is 2. The molecule has 0 heterocycles. The normalized spacial score (nSPS) is 9.41. The first-order chi connectivity index (χ1) is 8.31. The summed E-state index contributed by atoms with van der Waals surface area (Å²) in [5.74, 6) is 2.24. The molecule has 0 unspecified atom stereocenters. The zero-order valence-electron chi connectivity index (χ0n) is 9.38. The van der Waals surface area contributed by atoms with Gasteiger partial charge in [0.1, 0.15) is 17.2 Å². The van der Waals surface area contributed by atoms with E-state index in [1.54, 1.807) is 31.4 Å². The lowest BCUT2D eigenvalue weighted by Gasteiger charge is -2.06. The molecule has 0 fully saturated rings. The van der Waals surface area contributed by atoms with Crippen LogP contribution < -0.4 is 9.47 Å². The Bertz CT molecular complexity index is 524. The lowest BCUT2D eigenvalue weighted by atomic mass is 10.3. The molecule has 84 valence electrons. The third kappa shape index (κ3) is 2.76. The Kier molecular flexibility index (Phi) is 3.27. The van der Waals surface area contributed by atoms with Crippen LogP contribution in [0.2, 0.25) is 0 Å². The molecule has 0 radical (unpaired) electrons. The lowest BCUT2D eigenvalue weighted by molar-refractivity contribution is 0.413. The topological polar surface area (TPSA) is 22.8 Å². The van der Waals surface area contributed by atoms with Gasteiger partial charge in [0.05, 0.1) is 13.7 Å². The molecule has 0 N–H and O–H groups in total. The molecule has 3 nitrogen and oxygen atoms in total. The number of benzene rings is 2. The molecule has 0 amide bonds. The molecule has 0 atom stereocenters. The van der Waals surface area contributed by atoms with Crippen molar-refractivity contribution < 1.29 is 9.47 Å². The average Bonchev–Trinajstić information content (AvgIpc) is 2.40. The van der Waals surface area contributed by atoms with E-state index in [1.807, 2.05) is 24.3 Å². The average molecular weight is 225 g/mol. The van der Waals surface area contributed by atoms with Crippen LogP contribution in [0.25, 0.3) is 4.85 Å². The van der Waals surface area contributed by atoms with Crippen molar-refractivity contribution in [1.82, 2.24) is 0 Å². The second-order valence-electron chi connectivity index (χ2n) is 3.38. The van der Waals surface area contributed by atoms with Crippen LogP contribution in [0.15, 0.2) is 48.5 Å². The van der Waals surface area contributed by atoms with Crippen LogP contribution >= 0.6 is 0 Å². The smallest absolute Gasteiger partial charge is 0.187 e. The predicted molar refractivity (Wildman–Crippen MR) is 65.8 cm³/mol. The molecule has 0 aliphatic rings. The fourth-order valence-electron chi connectivity index (χ4n) is 1.37. The third-order valence-electron chi connectivity index (χ3n) is 2.26. The SMILES string of the molecule is [C-]#[N+]c1ccc(Oc2ccc(OC)cc2)cc1. The Morgan fingerprint density at radius 2 is 1.29 bits per heavy atom. The largest absolute Gasteiger partial charge is 0.497 e. The third-order valence-corrected chi connectivity index (χ3v) is 2.26. The van der Waals surface area contributed by atoms with Crippen LogP contribution in [0, 0.1) is 6.57 Å². The van der Waals surface area contributed by atoms with Gasteiger partial charge in [-0.25, -0.2) is 4.85 Å². The summed E-state index contributed by atoms with van der Waals surface area (Å²) in [6.07, 6.45) is 0. The van der Waals surface area contributed by atoms with Crippen molar-refractivity contribution in [2.45, 2.75) is 0 Å². The molecule has 0 saturated carbocycles. The minimum Gasteiger partial charge on any atom is -0.497 e. The van der Waals surface area contributed by atoms with Crippen molar-refractivity contribution in [3.05, 3.63) is 59.9 Å². The maximum atomic E-state index is 6.85. The van der Waals surface area contributed by atoms with Gasteiger partial charge < -0.3 is 9.47 Å². The summed E-state index contributed by atoms with van der Waals surface area (Å²) in [6.45, 7) is 6.85. The molecule has 0 aliphatic heterocycles. The van der Waals surface area contributed by atoms with Crippen LogP contribution in [0.3, 0.4) is 0 Å². The summed E-state index contributed by atoms with van der Waals surface area (Å²) in [7, 11) is 1.62. The van der Waals surface area contributed by atoms with E-state index >= 15 is 0 Å². The van der Waals surface area contributed by atoms with Gasteiger partial charge in [0.2, 0.25) is 0 Å². The van der Waals surface area contributed by atoms with Gasteiger partial charge in [-0.3, -0.25) is 0 Å². The molecule has 0 aromatic heterocycles. The van der Waals surface area contributed by atoms with Crippen LogP contribution in [0.1, 0.15) is 0 Å². The Hall–Kier alpha value is -2.47. The van der Waals surface area contributed by atoms with Crippen LogP contribution in [-0.2, 0) is 0 Å². The van der Waals surface area contributed by atoms with Crippen molar-refractivity contribution in [2.24, 2.45) is 0 Å². The van der Waals surface area contributed by atoms with Gasteiger partial charge in [0.15, 0.2) is 5.69 Å². The molecule has 17 heavy (non-hydrogen) atoms. The van der Waals surface area contributed by atoms with Gasteiger partial charge in [0.25, 0.3) is 0 Å². The standard InChI is InChI=1S/C14H11NO2/c1-15-11-3-5-13(6-4-11)17-14-9-7-12(16-2)8-10-14/h3-10H,2H3. The lowest BCUT2D eigenvalue weighted by Crippen LogP contribution is -1.85. The van der Waals surface area contributed by atoms with Crippen LogP contribution in [0.5, 0.6) is 17.2 Å². The van der Waals surface area contributed by atoms with Crippen molar-refractivity contribution in [3.63, 3.8) is 0 Å². The quantitative estimate of drug-likeness (QED) is 0.736. The monoisotopic (exact) mass is 225 g/mol. The number of hydrogen-bond acceptors (Lipinski definition) is 2. The van der Waals surface area contributed by atoms with Crippen LogP contribution in [0.4, 0.5) is 5.69 Å². The van der Waals surface area contributed by atoms with E-state index in [9.17, 15) is 0 Å². The van der Waals surface area contributed by atoms with Gasteiger partial charge in [-0.05, 0) is 36.4 Å². The highest BCUT2D eigenvalue weighted by atomic mass is 16.5. The zero-order valence-corrected chi connectivity index (χ0v) is 9.38. The fourth-order valence-corrected chi connectivity index (χ4v) is 1.37. The fraction of sp³-hybridized carbons (Fsp3) is 0.0714. The van der Waals surface area contributed by atoms with Gasteiger partial charge >= 0.3 is 0 Å². The molecule has 0 spiro atoms. The molecule has 2 aromatic carbocycles. The summed E-state index contributed by atoms with van der Waals surface area (Å²) in [6, 6.07) is 14.3. The van der Waals surface area contributed by atoms with E-state index in [0.717, 1.165) is 11.5 Å². The Balaban J connectivity index is 2.11. The number of rotatable bonds is 3. The van der Waals surface area contributed by atoms with Crippen molar-refractivity contribution >= 4 is 5.69 Å². The van der Waals surface area contributed by atoms with Crippen molar-refractivity contribution in [1.29, 1.82) is 0 Å². The van der Waals surface area contributed by atoms with E-state index in [0.29, 0.717) is 11.4 Å². The number of methoxy groups -OCH3 is 1. The molecule has 0 aliphatic carbocycles. The minimum absolute atomic E-state index is 0.604. The van der Waals surface area contributed by atoms with E-state index in [4.69, 9.17) is 16.0 Å². The second-order valence-corrected chi connectivity index (χ2v) is 3.38. The van der Waals surface area contributed by atoms with Gasteiger partial charge in [0, 0.05) is 0 Å². The predicted octanol–water partition coefficient (Wildman–Crippen LogP) is 4.04. The molecular formula is C14H11NO2. The van der Waals surface area contributed by atoms with Gasteiger partial charge in [-0.2, -0.15) is 0 Å². The Labute approximate surface area is 100 Å². The molecule has 2 aromatic rings. The zero-order chi connectivity index (χ0) is 12.1. The summed E-state index contributed by atoms with van der Waals surface area (Å²) in [5.41, 5.74) is 0.604. The van der Waals surface area contributed by atoms with Crippen molar-refractivity contribution in [3.8, 4) is 17.2 Å². The van der Waals surface area contributed by atoms with E-state index in [-0.39, 0.29) is 0 Å².